The number of hydrogen-bond acceptors (Lipinski definition) is 6. The van der Waals surface area contributed by atoms with Crippen LogP contribution in [0.2, 0.25) is 0 Å². The molecule has 1 aromatic carbocycles. The summed E-state index contributed by atoms with van der Waals surface area (Å²) >= 11 is 0. The van der Waals surface area contributed by atoms with Crippen molar-refractivity contribution in [2.75, 3.05) is 42.9 Å². The predicted molar refractivity (Wildman–Crippen MR) is 120 cm³/mol. The molecule has 2 aromatic rings. The molecule has 1 saturated heterocycles. The van der Waals surface area contributed by atoms with Gasteiger partial charge in [0.05, 0.1) is 17.9 Å². The molecule has 1 aromatic heterocycles. The van der Waals surface area contributed by atoms with Crippen LogP contribution in [-0.2, 0) is 24.3 Å². The minimum atomic E-state index is -0.561. The van der Waals surface area contributed by atoms with Gasteiger partial charge in [-0.15, -0.1) is 0 Å². The molecule has 7 nitrogen and oxygen atoms in total. The molecule has 0 bridgehead atoms. The van der Waals surface area contributed by atoms with Gasteiger partial charge in [0.25, 0.3) is 0 Å². The Morgan fingerprint density at radius 2 is 1.94 bits per heavy atom. The molecule has 0 unspecified atom stereocenters. The topological polar surface area (TPSA) is 64.6 Å². The Hall–Kier alpha value is -3.25. The summed E-state index contributed by atoms with van der Waals surface area (Å²) in [5, 5.41) is 3.41. The van der Waals surface area contributed by atoms with E-state index in [0.717, 1.165) is 55.9 Å². The smallest absolute Gasteiger partial charge is 0.219 e. The lowest BCUT2D eigenvalue weighted by molar-refractivity contribution is -0.129. The number of carbonyl (C=O) groups excluding carboxylic acids is 1. The highest BCUT2D eigenvalue weighted by Crippen LogP contribution is 2.29. The van der Waals surface area contributed by atoms with E-state index < -0.39 is 11.6 Å². The molecule has 3 aliphatic rings. The number of nitrogens with one attached hydrogen (secondary N) is 1. The Morgan fingerprint density at radius 3 is 2.61 bits per heavy atom. The summed E-state index contributed by atoms with van der Waals surface area (Å²) in [6, 6.07) is 3.80. The fourth-order valence-corrected chi connectivity index (χ4v) is 4.37. The van der Waals surface area contributed by atoms with E-state index in [0.29, 0.717) is 37.4 Å². The van der Waals surface area contributed by atoms with Crippen molar-refractivity contribution in [3.8, 4) is 11.8 Å². The van der Waals surface area contributed by atoms with Crippen molar-refractivity contribution in [1.29, 1.82) is 0 Å². The summed E-state index contributed by atoms with van der Waals surface area (Å²) in [5.41, 5.74) is 2.27. The van der Waals surface area contributed by atoms with Crippen LogP contribution >= 0.6 is 0 Å². The largest absolute Gasteiger partial charge is 0.352 e. The third-order valence-electron chi connectivity index (χ3n) is 6.41. The van der Waals surface area contributed by atoms with Crippen molar-refractivity contribution >= 4 is 17.5 Å². The molecule has 1 amide bonds. The lowest BCUT2D eigenvalue weighted by atomic mass is 10.1. The second-order valence-electron chi connectivity index (χ2n) is 8.70. The fourth-order valence-electron chi connectivity index (χ4n) is 4.37. The van der Waals surface area contributed by atoms with E-state index in [2.05, 4.69) is 27.0 Å². The first kappa shape index (κ1) is 21.6. The van der Waals surface area contributed by atoms with Crippen molar-refractivity contribution in [2.45, 2.75) is 38.9 Å². The van der Waals surface area contributed by atoms with E-state index in [-0.39, 0.29) is 11.9 Å². The molecular weight excluding hydrogens is 426 g/mol. The van der Waals surface area contributed by atoms with Crippen molar-refractivity contribution < 1.29 is 13.6 Å². The summed E-state index contributed by atoms with van der Waals surface area (Å²) < 4.78 is 27.3. The maximum atomic E-state index is 14.1. The zero-order chi connectivity index (χ0) is 22.9. The van der Waals surface area contributed by atoms with Crippen LogP contribution in [0.4, 0.5) is 20.4 Å². The minimum absolute atomic E-state index is 0.0413. The average Bonchev–Trinajstić information content (AvgIpc) is 2.77. The first-order valence-electron chi connectivity index (χ1n) is 11.3. The molecular formula is C24H26F2N6O. The number of benzene rings is 1. The van der Waals surface area contributed by atoms with Crippen LogP contribution < -0.4 is 10.2 Å². The number of amides is 1. The monoisotopic (exact) mass is 452 g/mol. The van der Waals surface area contributed by atoms with E-state index in [9.17, 15) is 13.6 Å². The van der Waals surface area contributed by atoms with Crippen LogP contribution in [0.25, 0.3) is 0 Å². The number of nitrogens with zero attached hydrogens (tertiary/aromatic N) is 5. The van der Waals surface area contributed by atoms with E-state index in [1.807, 2.05) is 0 Å². The Labute approximate surface area is 191 Å². The van der Waals surface area contributed by atoms with Crippen LogP contribution in [0.5, 0.6) is 0 Å². The second-order valence-corrected chi connectivity index (χ2v) is 8.70. The Bertz CT molecular complexity index is 1140. The van der Waals surface area contributed by atoms with Gasteiger partial charge in [0.1, 0.15) is 17.7 Å². The minimum Gasteiger partial charge on any atom is -0.352 e. The van der Waals surface area contributed by atoms with Crippen molar-refractivity contribution in [1.82, 2.24) is 19.8 Å². The van der Waals surface area contributed by atoms with E-state index in [1.165, 1.54) is 12.1 Å². The van der Waals surface area contributed by atoms with Gasteiger partial charge in [0, 0.05) is 70.7 Å². The first-order valence-corrected chi connectivity index (χ1v) is 11.3. The number of hydrogen-bond donors (Lipinski definition) is 1. The molecule has 5 rings (SSSR count). The zero-order valence-corrected chi connectivity index (χ0v) is 18.6. The summed E-state index contributed by atoms with van der Waals surface area (Å²) in [6.07, 6.45) is 1.46. The van der Waals surface area contributed by atoms with Gasteiger partial charge >= 0.3 is 0 Å². The van der Waals surface area contributed by atoms with Crippen LogP contribution in [-0.4, -0.2) is 64.4 Å². The lowest BCUT2D eigenvalue weighted by Gasteiger charge is -2.37. The molecule has 0 saturated carbocycles. The van der Waals surface area contributed by atoms with E-state index >= 15 is 0 Å². The van der Waals surface area contributed by atoms with Gasteiger partial charge in [-0.3, -0.25) is 9.69 Å². The normalized spacial score (nSPS) is 19.9. The highest BCUT2D eigenvalue weighted by atomic mass is 19.1. The molecule has 33 heavy (non-hydrogen) atoms. The fraction of sp³-hybridized carbons (Fsp3) is 0.458. The first-order chi connectivity index (χ1) is 16.0. The molecule has 9 heteroatoms. The highest BCUT2D eigenvalue weighted by molar-refractivity contribution is 5.73. The molecule has 0 spiro atoms. The number of carbonyl (C=O) groups is 1. The van der Waals surface area contributed by atoms with Crippen molar-refractivity contribution in [2.24, 2.45) is 0 Å². The maximum Gasteiger partial charge on any atom is 0.219 e. The van der Waals surface area contributed by atoms with Gasteiger partial charge in [-0.05, 0) is 6.07 Å². The van der Waals surface area contributed by atoms with Gasteiger partial charge in [-0.2, -0.15) is 0 Å². The lowest BCUT2D eigenvalue weighted by Crippen LogP contribution is -2.47. The van der Waals surface area contributed by atoms with Gasteiger partial charge in [0.2, 0.25) is 5.91 Å². The summed E-state index contributed by atoms with van der Waals surface area (Å²) in [6.45, 7) is 6.05. The molecule has 3 heterocycles. The van der Waals surface area contributed by atoms with Gasteiger partial charge < -0.3 is 15.1 Å². The van der Waals surface area contributed by atoms with Crippen LogP contribution in [0.1, 0.15) is 30.3 Å². The third-order valence-corrected chi connectivity index (χ3v) is 6.41. The van der Waals surface area contributed by atoms with E-state index in [1.54, 1.807) is 11.8 Å². The summed E-state index contributed by atoms with van der Waals surface area (Å²) in [7, 11) is 0. The third kappa shape index (κ3) is 4.62. The molecule has 1 N–H and O–H groups in total. The molecule has 0 radical (unpaired) electrons. The number of anilines is 2. The van der Waals surface area contributed by atoms with Crippen LogP contribution in [0.15, 0.2) is 18.2 Å². The Morgan fingerprint density at radius 1 is 1.15 bits per heavy atom. The standard InChI is InChI=1S/C24H26F2N6O/c1-16(33)32-8-7-21-22(15-32)28-23(27-19-3-2-4-19)24(29-21)31-11-9-30(10-12-31)14-17-5-6-18(25)13-20(17)26/h5-6,13,19H,3,7-12,14-15H2,1H3,(H,27,28)/t19-/m0/s1. The Kier molecular flexibility index (Phi) is 5.85. The maximum absolute atomic E-state index is 14.1. The number of rotatable bonds is 5. The SMILES string of the molecule is CC(=O)N1CCc2nc(N3CCN(Cc4ccc(F)cc4F)CC3)c(N[C@@H]3C#CC3)nc2C1. The van der Waals surface area contributed by atoms with Gasteiger partial charge in [-0.25, -0.2) is 18.7 Å². The highest BCUT2D eigenvalue weighted by Gasteiger charge is 2.28. The number of halogens is 2. The van der Waals surface area contributed by atoms with Gasteiger partial charge in [-0.1, -0.05) is 17.9 Å². The quantitative estimate of drug-likeness (QED) is 0.702. The van der Waals surface area contributed by atoms with Crippen LogP contribution in [0.3, 0.4) is 0 Å². The summed E-state index contributed by atoms with van der Waals surface area (Å²) in [5.74, 6) is 6.59. The van der Waals surface area contributed by atoms with Crippen molar-refractivity contribution in [3.63, 3.8) is 0 Å². The van der Waals surface area contributed by atoms with Gasteiger partial charge in [0.15, 0.2) is 11.6 Å². The molecule has 172 valence electrons. The number of fused-ring (bicyclic) bond motifs is 1. The molecule has 1 aliphatic carbocycles. The van der Waals surface area contributed by atoms with Crippen molar-refractivity contribution in [3.05, 3.63) is 46.8 Å². The molecule has 1 fully saturated rings. The number of piperazine rings is 1. The Balaban J connectivity index is 1.32. The average molecular weight is 453 g/mol. The zero-order valence-electron chi connectivity index (χ0n) is 18.6. The molecule has 1 atom stereocenters. The van der Waals surface area contributed by atoms with E-state index in [4.69, 9.17) is 9.97 Å². The molecule has 2 aliphatic heterocycles. The van der Waals surface area contributed by atoms with Crippen LogP contribution in [0, 0.1) is 23.5 Å². The second kappa shape index (κ2) is 8.94. The number of aromatic nitrogens is 2. The summed E-state index contributed by atoms with van der Waals surface area (Å²) in [4.78, 5) is 27.8. The predicted octanol–water partition coefficient (Wildman–Crippen LogP) is 2.17.